The van der Waals surface area contributed by atoms with Crippen molar-refractivity contribution in [2.75, 3.05) is 5.32 Å². The molecule has 0 heterocycles. The summed E-state index contributed by atoms with van der Waals surface area (Å²) in [4.78, 5) is 25.1. The lowest BCUT2D eigenvalue weighted by Crippen LogP contribution is -2.23. The van der Waals surface area contributed by atoms with Gasteiger partial charge in [0.2, 0.25) is 0 Å². The maximum atomic E-state index is 13.1. The minimum atomic E-state index is -0.594. The van der Waals surface area contributed by atoms with E-state index < -0.39 is 11.9 Å². The number of carbonyl (C=O) groups is 2. The first-order chi connectivity index (χ1) is 18.0. The molecule has 7 nitrogen and oxygen atoms in total. The molecule has 9 heteroatoms. The van der Waals surface area contributed by atoms with Gasteiger partial charge in [-0.05, 0) is 72.9 Å². The van der Waals surface area contributed by atoms with Crippen molar-refractivity contribution < 1.29 is 23.5 Å². The van der Waals surface area contributed by atoms with Crippen LogP contribution in [0.15, 0.2) is 108 Å². The van der Waals surface area contributed by atoms with Gasteiger partial charge in [-0.2, -0.15) is 5.10 Å². The van der Waals surface area contributed by atoms with Crippen molar-refractivity contribution in [3.8, 4) is 11.5 Å². The molecular formula is C28H20FN3O4S. The third kappa shape index (κ3) is 7.30. The molecule has 4 rings (SSSR count). The van der Waals surface area contributed by atoms with Crippen molar-refractivity contribution in [1.29, 1.82) is 0 Å². The number of nitrogens with one attached hydrogen (secondary N) is 2. The molecule has 0 aromatic heterocycles. The number of hydrogen-bond donors (Lipinski definition) is 2. The quantitative estimate of drug-likeness (QED) is 0.110. The molecule has 0 spiro atoms. The minimum Gasteiger partial charge on any atom is -0.423 e. The van der Waals surface area contributed by atoms with Crippen molar-refractivity contribution in [3.05, 3.63) is 126 Å². The first-order valence-electron chi connectivity index (χ1n) is 11.0. The molecule has 184 valence electrons. The van der Waals surface area contributed by atoms with Crippen LogP contribution in [0.1, 0.15) is 26.3 Å². The van der Waals surface area contributed by atoms with Gasteiger partial charge >= 0.3 is 11.9 Å². The lowest BCUT2D eigenvalue weighted by atomic mass is 10.2. The summed E-state index contributed by atoms with van der Waals surface area (Å²) in [6.45, 7) is 0. The number of esters is 2. The van der Waals surface area contributed by atoms with Crippen LogP contribution >= 0.6 is 12.2 Å². The predicted octanol–water partition coefficient (Wildman–Crippen LogP) is 5.58. The highest BCUT2D eigenvalue weighted by molar-refractivity contribution is 7.80. The molecule has 0 saturated heterocycles. The Hall–Kier alpha value is -4.89. The monoisotopic (exact) mass is 513 g/mol. The topological polar surface area (TPSA) is 89.0 Å². The highest BCUT2D eigenvalue weighted by Crippen LogP contribution is 2.26. The molecule has 0 amide bonds. The highest BCUT2D eigenvalue weighted by Gasteiger charge is 2.14. The van der Waals surface area contributed by atoms with E-state index in [9.17, 15) is 14.0 Å². The summed E-state index contributed by atoms with van der Waals surface area (Å²) >= 11 is 5.19. The maximum absolute atomic E-state index is 13.1. The van der Waals surface area contributed by atoms with Gasteiger partial charge in [0.15, 0.2) is 5.11 Å². The minimum absolute atomic E-state index is 0.121. The molecule has 0 fully saturated rings. The van der Waals surface area contributed by atoms with Crippen LogP contribution in [0.3, 0.4) is 0 Å². The van der Waals surface area contributed by atoms with Crippen molar-refractivity contribution >= 4 is 41.2 Å². The normalized spacial score (nSPS) is 10.5. The van der Waals surface area contributed by atoms with Crippen LogP contribution in [-0.2, 0) is 0 Å². The van der Waals surface area contributed by atoms with Crippen LogP contribution in [0.25, 0.3) is 0 Å². The number of halogens is 1. The number of hydrazone groups is 1. The Bertz CT molecular complexity index is 1430. The van der Waals surface area contributed by atoms with Crippen molar-refractivity contribution in [1.82, 2.24) is 5.43 Å². The highest BCUT2D eigenvalue weighted by atomic mass is 32.1. The van der Waals surface area contributed by atoms with Crippen LogP contribution in [0, 0.1) is 5.82 Å². The van der Waals surface area contributed by atoms with Gasteiger partial charge in [-0.1, -0.05) is 36.4 Å². The Kier molecular flexibility index (Phi) is 8.30. The van der Waals surface area contributed by atoms with E-state index in [4.69, 9.17) is 21.7 Å². The summed E-state index contributed by atoms with van der Waals surface area (Å²) in [5, 5.41) is 7.12. The van der Waals surface area contributed by atoms with Gasteiger partial charge in [0.1, 0.15) is 17.3 Å². The molecular weight excluding hydrogens is 493 g/mol. The average Bonchev–Trinajstić information content (AvgIpc) is 2.92. The van der Waals surface area contributed by atoms with Gasteiger partial charge in [-0.15, -0.1) is 0 Å². The maximum Gasteiger partial charge on any atom is 0.343 e. The van der Waals surface area contributed by atoms with E-state index in [1.165, 1.54) is 36.5 Å². The standard InChI is InChI=1S/C28H20FN3O4S/c29-22-12-14-23(15-13-22)31-28(37)32-30-18-21-11-16-24(35-26(33)19-7-3-1-4-8-19)17-25(21)36-27(34)20-9-5-2-6-10-20/h1-18H,(H2,31,32,37). The molecule has 0 saturated carbocycles. The number of thiocarbonyl (C=S) groups is 1. The fraction of sp³-hybridized carbons (Fsp3) is 0. The average molecular weight is 514 g/mol. The summed E-state index contributed by atoms with van der Waals surface area (Å²) in [5.41, 5.74) is 4.37. The smallest absolute Gasteiger partial charge is 0.343 e. The predicted molar refractivity (Wildman–Crippen MR) is 143 cm³/mol. The summed E-state index contributed by atoms with van der Waals surface area (Å²) < 4.78 is 24.1. The van der Waals surface area contributed by atoms with Gasteiger partial charge in [-0.25, -0.2) is 14.0 Å². The zero-order valence-corrected chi connectivity index (χ0v) is 20.1. The van der Waals surface area contributed by atoms with Crippen molar-refractivity contribution in [2.24, 2.45) is 5.10 Å². The fourth-order valence-corrected chi connectivity index (χ4v) is 3.27. The number of anilines is 1. The summed E-state index contributed by atoms with van der Waals surface area (Å²) in [7, 11) is 0. The van der Waals surface area contributed by atoms with E-state index in [-0.39, 0.29) is 22.4 Å². The Morgan fingerprint density at radius 2 is 1.38 bits per heavy atom. The van der Waals surface area contributed by atoms with Crippen LogP contribution in [0.5, 0.6) is 11.5 Å². The second kappa shape index (κ2) is 12.2. The second-order valence-corrected chi connectivity index (χ2v) is 7.95. The molecule has 37 heavy (non-hydrogen) atoms. The summed E-state index contributed by atoms with van der Waals surface area (Å²) in [5.74, 6) is -1.21. The Morgan fingerprint density at radius 3 is 2.00 bits per heavy atom. The van der Waals surface area contributed by atoms with Crippen LogP contribution in [0.2, 0.25) is 0 Å². The van der Waals surface area contributed by atoms with E-state index in [0.29, 0.717) is 22.4 Å². The van der Waals surface area contributed by atoms with E-state index >= 15 is 0 Å². The number of nitrogens with zero attached hydrogens (tertiary/aromatic N) is 1. The molecule has 0 aliphatic carbocycles. The largest absolute Gasteiger partial charge is 0.423 e. The molecule has 4 aromatic rings. The zero-order valence-electron chi connectivity index (χ0n) is 19.3. The lowest BCUT2D eigenvalue weighted by molar-refractivity contribution is 0.0732. The first kappa shape index (κ1) is 25.2. The van der Waals surface area contributed by atoms with E-state index in [1.54, 1.807) is 72.8 Å². The Balaban J connectivity index is 1.51. The number of hydrogen-bond acceptors (Lipinski definition) is 6. The number of ether oxygens (including phenoxy) is 2. The molecule has 0 atom stereocenters. The van der Waals surface area contributed by atoms with Crippen LogP contribution in [-0.4, -0.2) is 23.3 Å². The van der Waals surface area contributed by atoms with Gasteiger partial charge in [0.05, 0.1) is 17.3 Å². The molecule has 0 aliphatic heterocycles. The third-order valence-electron chi connectivity index (χ3n) is 4.89. The van der Waals surface area contributed by atoms with E-state index in [1.807, 2.05) is 0 Å². The van der Waals surface area contributed by atoms with Gasteiger partial charge in [0.25, 0.3) is 0 Å². The fourth-order valence-electron chi connectivity index (χ4n) is 3.10. The molecule has 0 aliphatic rings. The first-order valence-corrected chi connectivity index (χ1v) is 11.4. The zero-order chi connectivity index (χ0) is 26.0. The van der Waals surface area contributed by atoms with Gasteiger partial charge in [-0.3, -0.25) is 5.43 Å². The molecule has 0 bridgehead atoms. The second-order valence-electron chi connectivity index (χ2n) is 7.54. The lowest BCUT2D eigenvalue weighted by Gasteiger charge is -2.11. The van der Waals surface area contributed by atoms with E-state index in [0.717, 1.165) is 0 Å². The Labute approximate surface area is 217 Å². The third-order valence-corrected chi connectivity index (χ3v) is 5.08. The SMILES string of the molecule is O=C(Oc1ccc(C=NNC(=S)Nc2ccc(F)cc2)c(OC(=O)c2ccccc2)c1)c1ccccc1. The molecule has 4 aromatic carbocycles. The van der Waals surface area contributed by atoms with Crippen molar-refractivity contribution in [2.45, 2.75) is 0 Å². The summed E-state index contributed by atoms with van der Waals surface area (Å²) in [6, 6.07) is 27.2. The molecule has 2 N–H and O–H groups in total. The molecule has 0 unspecified atom stereocenters. The van der Waals surface area contributed by atoms with Gasteiger partial charge in [0, 0.05) is 17.3 Å². The Morgan fingerprint density at radius 1 is 0.784 bits per heavy atom. The number of rotatable bonds is 7. The number of benzene rings is 4. The van der Waals surface area contributed by atoms with Crippen molar-refractivity contribution in [3.63, 3.8) is 0 Å². The number of carbonyl (C=O) groups excluding carboxylic acids is 2. The molecule has 0 radical (unpaired) electrons. The van der Waals surface area contributed by atoms with Gasteiger partial charge < -0.3 is 14.8 Å². The van der Waals surface area contributed by atoms with E-state index in [2.05, 4.69) is 15.8 Å². The summed E-state index contributed by atoms with van der Waals surface area (Å²) in [6.07, 6.45) is 1.40. The van der Waals surface area contributed by atoms with Crippen LogP contribution < -0.4 is 20.2 Å². The van der Waals surface area contributed by atoms with Crippen LogP contribution in [0.4, 0.5) is 10.1 Å².